The van der Waals surface area contributed by atoms with Gasteiger partial charge in [-0.1, -0.05) is 0 Å². The maximum absolute atomic E-state index is 12.1. The third-order valence-electron chi connectivity index (χ3n) is 2.85. The van der Waals surface area contributed by atoms with Crippen molar-refractivity contribution in [1.29, 1.82) is 5.26 Å². The Bertz CT molecular complexity index is 526. The molecule has 0 bridgehead atoms. The van der Waals surface area contributed by atoms with E-state index in [2.05, 4.69) is 11.4 Å². The minimum Gasteiger partial charge on any atom is -0.444 e. The molecule has 1 heterocycles. The van der Waals surface area contributed by atoms with Crippen molar-refractivity contribution in [1.82, 2.24) is 10.2 Å². The van der Waals surface area contributed by atoms with E-state index in [1.54, 1.807) is 4.90 Å². The Kier molecular flexibility index (Phi) is 6.85. The van der Waals surface area contributed by atoms with Gasteiger partial charge in [-0.2, -0.15) is 5.26 Å². The molecule has 0 saturated carbocycles. The first kappa shape index (κ1) is 18.5. The molecule has 0 aromatic carbocycles. The van der Waals surface area contributed by atoms with Crippen LogP contribution in [-0.4, -0.2) is 35.7 Å². The van der Waals surface area contributed by atoms with Crippen molar-refractivity contribution in [3.8, 4) is 6.07 Å². The van der Waals surface area contributed by atoms with Crippen molar-refractivity contribution in [2.24, 2.45) is 0 Å². The summed E-state index contributed by atoms with van der Waals surface area (Å²) in [4.78, 5) is 15.7. The molecule has 1 rings (SSSR count). The van der Waals surface area contributed by atoms with Crippen molar-refractivity contribution in [2.45, 2.75) is 52.8 Å². The number of carbonyl (C=O) groups excluding carboxylic acids is 1. The lowest BCUT2D eigenvalue weighted by Gasteiger charge is -2.30. The third kappa shape index (κ3) is 6.46. The molecular formula is C16H25N3O2S. The summed E-state index contributed by atoms with van der Waals surface area (Å²) in [7, 11) is 0. The van der Waals surface area contributed by atoms with Crippen LogP contribution in [0.2, 0.25) is 0 Å². The van der Waals surface area contributed by atoms with E-state index in [-0.39, 0.29) is 12.1 Å². The highest BCUT2D eigenvalue weighted by Gasteiger charge is 2.23. The molecule has 22 heavy (non-hydrogen) atoms. The molecule has 1 aromatic rings. The number of nitriles is 1. The van der Waals surface area contributed by atoms with Crippen LogP contribution in [0.1, 0.15) is 44.4 Å². The Morgan fingerprint density at radius 3 is 2.64 bits per heavy atom. The SMILES string of the molecule is CC(C)N(CCNCc1ccc(C#N)s1)C(=O)OC(C)(C)C. The predicted molar refractivity (Wildman–Crippen MR) is 88.8 cm³/mol. The molecule has 122 valence electrons. The highest BCUT2D eigenvalue weighted by molar-refractivity contribution is 7.12. The van der Waals surface area contributed by atoms with Gasteiger partial charge in [-0.3, -0.25) is 0 Å². The average Bonchev–Trinajstić information content (AvgIpc) is 2.83. The number of rotatable bonds is 6. The minimum absolute atomic E-state index is 0.0866. The number of amides is 1. The molecule has 0 aliphatic heterocycles. The summed E-state index contributed by atoms with van der Waals surface area (Å²) in [5.41, 5.74) is -0.484. The van der Waals surface area contributed by atoms with Crippen LogP contribution >= 0.6 is 11.3 Å². The Morgan fingerprint density at radius 2 is 2.14 bits per heavy atom. The second-order valence-corrected chi connectivity index (χ2v) is 7.49. The Hall–Kier alpha value is -1.58. The summed E-state index contributed by atoms with van der Waals surface area (Å²) in [5.74, 6) is 0. The first-order valence-corrected chi connectivity index (χ1v) is 8.23. The standard InChI is InChI=1S/C16H25N3O2S/c1-12(2)19(15(20)21-16(3,4)5)9-8-18-11-14-7-6-13(10-17)22-14/h6-7,12,18H,8-9,11H2,1-5H3. The molecule has 0 aliphatic carbocycles. The molecular weight excluding hydrogens is 298 g/mol. The lowest BCUT2D eigenvalue weighted by atomic mass is 10.2. The lowest BCUT2D eigenvalue weighted by Crippen LogP contribution is -2.44. The molecule has 0 spiro atoms. The first-order chi connectivity index (χ1) is 10.2. The summed E-state index contributed by atoms with van der Waals surface area (Å²) in [5, 5.41) is 12.1. The Labute approximate surface area is 136 Å². The van der Waals surface area contributed by atoms with Crippen LogP contribution in [0.3, 0.4) is 0 Å². The lowest BCUT2D eigenvalue weighted by molar-refractivity contribution is 0.0193. The zero-order valence-electron chi connectivity index (χ0n) is 14.0. The molecule has 6 heteroatoms. The summed E-state index contributed by atoms with van der Waals surface area (Å²) in [6.07, 6.45) is -0.285. The minimum atomic E-state index is -0.484. The van der Waals surface area contributed by atoms with E-state index in [4.69, 9.17) is 10.00 Å². The topological polar surface area (TPSA) is 65.4 Å². The van der Waals surface area contributed by atoms with E-state index in [1.807, 2.05) is 46.8 Å². The van der Waals surface area contributed by atoms with Gasteiger partial charge in [0.15, 0.2) is 0 Å². The van der Waals surface area contributed by atoms with Crippen molar-refractivity contribution in [3.63, 3.8) is 0 Å². The van der Waals surface area contributed by atoms with Gasteiger partial charge >= 0.3 is 6.09 Å². The average molecular weight is 323 g/mol. The second kappa shape index (κ2) is 8.16. The quantitative estimate of drug-likeness (QED) is 0.815. The molecule has 0 atom stereocenters. The first-order valence-electron chi connectivity index (χ1n) is 7.42. The summed E-state index contributed by atoms with van der Waals surface area (Å²) >= 11 is 1.48. The number of hydrogen-bond acceptors (Lipinski definition) is 5. The molecule has 0 aliphatic rings. The number of ether oxygens (including phenoxy) is 1. The molecule has 1 N–H and O–H groups in total. The fourth-order valence-electron chi connectivity index (χ4n) is 1.82. The molecule has 0 saturated heterocycles. The number of hydrogen-bond donors (Lipinski definition) is 1. The summed E-state index contributed by atoms with van der Waals surface area (Å²) in [6, 6.07) is 5.99. The van der Waals surface area contributed by atoms with Crippen molar-refractivity contribution >= 4 is 17.4 Å². The van der Waals surface area contributed by atoms with Gasteiger partial charge in [0.05, 0.1) is 0 Å². The molecule has 0 unspecified atom stereocenters. The summed E-state index contributed by atoms with van der Waals surface area (Å²) in [6.45, 7) is 11.5. The van der Waals surface area contributed by atoms with Gasteiger partial charge in [-0.25, -0.2) is 4.79 Å². The molecule has 1 aromatic heterocycles. The van der Waals surface area contributed by atoms with Crippen LogP contribution in [0.5, 0.6) is 0 Å². The van der Waals surface area contributed by atoms with Crippen LogP contribution in [-0.2, 0) is 11.3 Å². The van der Waals surface area contributed by atoms with E-state index >= 15 is 0 Å². The monoisotopic (exact) mass is 323 g/mol. The number of thiophene rings is 1. The van der Waals surface area contributed by atoms with Crippen molar-refractivity contribution in [2.75, 3.05) is 13.1 Å². The third-order valence-corrected chi connectivity index (χ3v) is 3.84. The highest BCUT2D eigenvalue weighted by atomic mass is 32.1. The van der Waals surface area contributed by atoms with Crippen LogP contribution in [0.25, 0.3) is 0 Å². The zero-order valence-corrected chi connectivity index (χ0v) is 14.8. The zero-order chi connectivity index (χ0) is 16.8. The molecule has 0 fully saturated rings. The normalized spacial score (nSPS) is 11.3. The van der Waals surface area contributed by atoms with Crippen molar-refractivity contribution < 1.29 is 9.53 Å². The second-order valence-electron chi connectivity index (χ2n) is 6.32. The Morgan fingerprint density at radius 1 is 1.45 bits per heavy atom. The summed E-state index contributed by atoms with van der Waals surface area (Å²) < 4.78 is 5.42. The van der Waals surface area contributed by atoms with E-state index in [1.165, 1.54) is 11.3 Å². The fraction of sp³-hybridized carbons (Fsp3) is 0.625. The van der Waals surface area contributed by atoms with Gasteiger partial charge in [0.2, 0.25) is 0 Å². The van der Waals surface area contributed by atoms with Gasteiger partial charge in [0, 0.05) is 30.6 Å². The predicted octanol–water partition coefficient (Wildman–Crippen LogP) is 3.35. The van der Waals surface area contributed by atoms with Gasteiger partial charge in [-0.05, 0) is 46.8 Å². The van der Waals surface area contributed by atoms with Crippen LogP contribution < -0.4 is 5.32 Å². The number of nitrogens with zero attached hydrogens (tertiary/aromatic N) is 2. The van der Waals surface area contributed by atoms with E-state index in [9.17, 15) is 4.79 Å². The van der Waals surface area contributed by atoms with E-state index < -0.39 is 5.60 Å². The highest BCUT2D eigenvalue weighted by Crippen LogP contribution is 2.15. The van der Waals surface area contributed by atoms with Gasteiger partial charge in [-0.15, -0.1) is 11.3 Å². The molecule has 0 radical (unpaired) electrons. The fourth-order valence-corrected chi connectivity index (χ4v) is 2.60. The van der Waals surface area contributed by atoms with Gasteiger partial charge in [0.25, 0.3) is 0 Å². The molecule has 1 amide bonds. The number of carbonyl (C=O) groups is 1. The van der Waals surface area contributed by atoms with E-state index in [0.29, 0.717) is 19.6 Å². The van der Waals surface area contributed by atoms with Gasteiger partial charge in [0.1, 0.15) is 16.5 Å². The van der Waals surface area contributed by atoms with Crippen LogP contribution in [0.15, 0.2) is 12.1 Å². The maximum atomic E-state index is 12.1. The van der Waals surface area contributed by atoms with E-state index in [0.717, 1.165) is 9.75 Å². The van der Waals surface area contributed by atoms with Gasteiger partial charge < -0.3 is 15.0 Å². The van der Waals surface area contributed by atoms with Crippen molar-refractivity contribution in [3.05, 3.63) is 21.9 Å². The smallest absolute Gasteiger partial charge is 0.410 e. The van der Waals surface area contributed by atoms with Crippen LogP contribution in [0.4, 0.5) is 4.79 Å². The number of nitrogens with one attached hydrogen (secondary N) is 1. The largest absolute Gasteiger partial charge is 0.444 e. The Balaban J connectivity index is 2.41. The van der Waals surface area contributed by atoms with Crippen LogP contribution in [0, 0.1) is 11.3 Å². The maximum Gasteiger partial charge on any atom is 0.410 e. The molecule has 5 nitrogen and oxygen atoms in total.